The molecule has 0 bridgehead atoms. The van der Waals surface area contributed by atoms with Gasteiger partial charge in [-0.25, -0.2) is 0 Å². The normalized spacial score (nSPS) is 11.5. The molecule has 0 unspecified atom stereocenters. The van der Waals surface area contributed by atoms with E-state index >= 15 is 0 Å². The summed E-state index contributed by atoms with van der Waals surface area (Å²) < 4.78 is 35.8. The molecule has 0 spiro atoms. The van der Waals surface area contributed by atoms with Crippen LogP contribution in [0.3, 0.4) is 0 Å². The van der Waals surface area contributed by atoms with Crippen LogP contribution in [-0.4, -0.2) is 47.1 Å². The van der Waals surface area contributed by atoms with Crippen molar-refractivity contribution in [1.82, 2.24) is 4.90 Å². The fourth-order valence-electron chi connectivity index (χ4n) is 3.40. The van der Waals surface area contributed by atoms with Gasteiger partial charge in [-0.1, -0.05) is 48.5 Å². The molecule has 2 rings (SSSR count). The highest BCUT2D eigenvalue weighted by Gasteiger charge is 2.18. The number of nitrogens with one attached hydrogen (secondary N) is 1. The first kappa shape index (κ1) is 27.5. The van der Waals surface area contributed by atoms with Crippen LogP contribution in [0.25, 0.3) is 0 Å². The highest BCUT2D eigenvalue weighted by atomic mass is 79.9. The molecule has 2 aromatic carbocycles. The average Bonchev–Trinajstić information content (AvgIpc) is 2.80. The molecule has 2 aromatic rings. The summed E-state index contributed by atoms with van der Waals surface area (Å²) in [4.78, 5) is 2.43. The van der Waals surface area contributed by atoms with Crippen LogP contribution in [0.1, 0.15) is 51.9 Å². The van der Waals surface area contributed by atoms with E-state index in [-0.39, 0.29) is 0 Å². The minimum absolute atomic E-state index is 0.508. The Kier molecular flexibility index (Phi) is 12.1. The van der Waals surface area contributed by atoms with Gasteiger partial charge in [-0.2, -0.15) is 8.42 Å². The largest absolute Gasteiger partial charge is 0.494 e. The van der Waals surface area contributed by atoms with Gasteiger partial charge in [0.1, 0.15) is 5.75 Å². The van der Waals surface area contributed by atoms with Crippen LogP contribution in [0, 0.1) is 0 Å². The van der Waals surface area contributed by atoms with Gasteiger partial charge in [0.25, 0.3) is 0 Å². The van der Waals surface area contributed by atoms with E-state index < -0.39 is 10.2 Å². The Morgan fingerprint density at radius 3 is 2.09 bits per heavy atom. The molecule has 33 heavy (non-hydrogen) atoms. The average molecular weight is 541 g/mol. The molecule has 0 atom stereocenters. The van der Waals surface area contributed by atoms with Gasteiger partial charge in [0.05, 0.1) is 18.0 Å². The van der Waals surface area contributed by atoms with Crippen LogP contribution in [0.5, 0.6) is 5.75 Å². The third-order valence-electron chi connectivity index (χ3n) is 5.50. The van der Waals surface area contributed by atoms with Crippen molar-refractivity contribution in [2.24, 2.45) is 0 Å². The van der Waals surface area contributed by atoms with E-state index in [1.165, 1.54) is 56.5 Å². The highest BCUT2D eigenvalue weighted by molar-refractivity contribution is 9.10. The standard InChI is InChI=1S/C25H38BrN3O3S/c1-4-5-8-19-28(2)20-9-6-7-10-21-32-25-17-15-24(16-18-25)29(3)33(30,31)27-23-13-11-22(26)12-14-23/h11-18,27H,4-10,19-21H2,1-3H3. The predicted molar refractivity (Wildman–Crippen MR) is 143 cm³/mol. The molecule has 0 aromatic heterocycles. The van der Waals surface area contributed by atoms with Gasteiger partial charge >= 0.3 is 10.2 Å². The monoisotopic (exact) mass is 539 g/mol. The van der Waals surface area contributed by atoms with Crippen LogP contribution in [0.4, 0.5) is 11.4 Å². The second-order valence-electron chi connectivity index (χ2n) is 8.35. The molecule has 6 nitrogen and oxygen atoms in total. The summed E-state index contributed by atoms with van der Waals surface area (Å²) in [5.74, 6) is 0.751. The van der Waals surface area contributed by atoms with E-state index in [0.29, 0.717) is 18.0 Å². The second-order valence-corrected chi connectivity index (χ2v) is 11.0. The van der Waals surface area contributed by atoms with E-state index in [1.807, 2.05) is 12.1 Å². The van der Waals surface area contributed by atoms with Crippen molar-refractivity contribution in [3.8, 4) is 5.75 Å². The minimum Gasteiger partial charge on any atom is -0.494 e. The number of anilines is 2. The number of nitrogens with zero attached hydrogens (tertiary/aromatic N) is 2. The van der Waals surface area contributed by atoms with Crippen LogP contribution in [-0.2, 0) is 10.2 Å². The lowest BCUT2D eigenvalue weighted by Crippen LogP contribution is -2.32. The van der Waals surface area contributed by atoms with Gasteiger partial charge in [-0.05, 0) is 87.9 Å². The third kappa shape index (κ3) is 10.4. The Morgan fingerprint density at radius 2 is 1.45 bits per heavy atom. The highest BCUT2D eigenvalue weighted by Crippen LogP contribution is 2.23. The number of unbranched alkanes of at least 4 members (excludes halogenated alkanes) is 5. The molecular formula is C25H38BrN3O3S. The summed E-state index contributed by atoms with van der Waals surface area (Å²) in [6, 6.07) is 14.1. The summed E-state index contributed by atoms with van der Waals surface area (Å²) in [6.07, 6.45) is 8.51. The molecule has 0 aliphatic carbocycles. The summed E-state index contributed by atoms with van der Waals surface area (Å²) in [6.45, 7) is 5.27. The predicted octanol–water partition coefficient (Wildman–Crippen LogP) is 6.30. The molecule has 8 heteroatoms. The molecular weight excluding hydrogens is 502 g/mol. The van der Waals surface area contributed by atoms with Crippen molar-refractivity contribution in [3.05, 3.63) is 53.0 Å². The van der Waals surface area contributed by atoms with E-state index in [2.05, 4.69) is 39.5 Å². The minimum atomic E-state index is -3.71. The van der Waals surface area contributed by atoms with E-state index in [9.17, 15) is 8.42 Å². The second kappa shape index (κ2) is 14.5. The molecule has 0 heterocycles. The number of halogens is 1. The summed E-state index contributed by atoms with van der Waals surface area (Å²) >= 11 is 3.34. The maximum Gasteiger partial charge on any atom is 0.323 e. The lowest BCUT2D eigenvalue weighted by Gasteiger charge is -2.20. The molecule has 0 saturated carbocycles. The van der Waals surface area contributed by atoms with Gasteiger partial charge in [-0.3, -0.25) is 9.03 Å². The maximum absolute atomic E-state index is 12.6. The summed E-state index contributed by atoms with van der Waals surface area (Å²) in [7, 11) is 0.0252. The fourth-order valence-corrected chi connectivity index (χ4v) is 4.63. The topological polar surface area (TPSA) is 61.9 Å². The number of ether oxygens (including phenoxy) is 1. The van der Waals surface area contributed by atoms with Crippen LogP contribution >= 0.6 is 15.9 Å². The lowest BCUT2D eigenvalue weighted by atomic mass is 10.2. The van der Waals surface area contributed by atoms with Crippen LogP contribution in [0.15, 0.2) is 53.0 Å². The lowest BCUT2D eigenvalue weighted by molar-refractivity contribution is 0.294. The van der Waals surface area contributed by atoms with Gasteiger partial charge < -0.3 is 9.64 Å². The maximum atomic E-state index is 12.6. The molecule has 184 valence electrons. The zero-order chi connectivity index (χ0) is 24.1. The first-order valence-corrected chi connectivity index (χ1v) is 14.0. The fraction of sp³-hybridized carbons (Fsp3) is 0.520. The zero-order valence-corrected chi connectivity index (χ0v) is 22.5. The summed E-state index contributed by atoms with van der Waals surface area (Å²) in [5.41, 5.74) is 1.07. The van der Waals surface area contributed by atoms with Crippen molar-refractivity contribution in [2.45, 2.75) is 51.9 Å². The van der Waals surface area contributed by atoms with Gasteiger partial charge in [0.15, 0.2) is 0 Å². The van der Waals surface area contributed by atoms with Gasteiger partial charge in [0, 0.05) is 11.5 Å². The van der Waals surface area contributed by atoms with E-state index in [1.54, 1.807) is 36.4 Å². The number of benzene rings is 2. The molecule has 0 radical (unpaired) electrons. The Morgan fingerprint density at radius 1 is 0.848 bits per heavy atom. The molecule has 0 aliphatic rings. The van der Waals surface area contributed by atoms with Crippen molar-refractivity contribution >= 4 is 37.5 Å². The van der Waals surface area contributed by atoms with Gasteiger partial charge in [0.2, 0.25) is 0 Å². The van der Waals surface area contributed by atoms with Crippen molar-refractivity contribution < 1.29 is 13.2 Å². The van der Waals surface area contributed by atoms with Crippen molar-refractivity contribution in [2.75, 3.05) is 42.8 Å². The first-order valence-electron chi connectivity index (χ1n) is 11.8. The van der Waals surface area contributed by atoms with Crippen LogP contribution in [0.2, 0.25) is 0 Å². The van der Waals surface area contributed by atoms with Crippen LogP contribution < -0.4 is 13.8 Å². The Hall–Kier alpha value is -1.77. The Balaban J connectivity index is 1.68. The number of hydrogen-bond acceptors (Lipinski definition) is 4. The van der Waals surface area contributed by atoms with Gasteiger partial charge in [-0.15, -0.1) is 0 Å². The zero-order valence-electron chi connectivity index (χ0n) is 20.1. The molecule has 0 saturated heterocycles. The SMILES string of the molecule is CCCCCN(C)CCCCCCOc1ccc(N(C)S(=O)(=O)Nc2ccc(Br)cc2)cc1. The molecule has 0 fully saturated rings. The molecule has 0 amide bonds. The Labute approximate surface area is 208 Å². The van der Waals surface area contributed by atoms with Crippen molar-refractivity contribution in [1.29, 1.82) is 0 Å². The van der Waals surface area contributed by atoms with Crippen molar-refractivity contribution in [3.63, 3.8) is 0 Å². The third-order valence-corrected chi connectivity index (χ3v) is 7.45. The van der Waals surface area contributed by atoms with E-state index in [4.69, 9.17) is 4.74 Å². The molecule has 0 aliphatic heterocycles. The first-order chi connectivity index (χ1) is 15.8. The Bertz CT molecular complexity index is 905. The molecule has 1 N–H and O–H groups in total. The quantitative estimate of drug-likeness (QED) is 0.254. The number of rotatable bonds is 16. The smallest absolute Gasteiger partial charge is 0.323 e. The van der Waals surface area contributed by atoms with E-state index in [0.717, 1.165) is 23.1 Å². The summed E-state index contributed by atoms with van der Waals surface area (Å²) in [5, 5.41) is 0. The number of hydrogen-bond donors (Lipinski definition) is 1.